The third kappa shape index (κ3) is 21.0. The number of nitrogens with zero attached hydrogens (tertiary/aromatic N) is 1. The van der Waals surface area contributed by atoms with Gasteiger partial charge in [-0.1, -0.05) is 127 Å². The molecule has 1 aromatic rings. The van der Waals surface area contributed by atoms with Gasteiger partial charge in [0.25, 0.3) is 0 Å². The number of hydrogen-bond donors (Lipinski definition) is 0. The summed E-state index contributed by atoms with van der Waals surface area (Å²) in [6.45, 7) is 17.6. The number of hydrogen-bond acceptors (Lipinski definition) is 1. The van der Waals surface area contributed by atoms with E-state index in [0.717, 1.165) is 24.1 Å². The van der Waals surface area contributed by atoms with Gasteiger partial charge in [0.05, 0.1) is 20.1 Å². The molecular formula is C33H62ClNOSi. The zero-order valence-corrected chi connectivity index (χ0v) is 27.2. The fourth-order valence-electron chi connectivity index (χ4n) is 5.16. The average molecular weight is 552 g/mol. The Hall–Kier alpha value is -0.613. The zero-order chi connectivity index (χ0) is 26.5. The first kappa shape index (κ1) is 36.4. The van der Waals surface area contributed by atoms with Gasteiger partial charge in [-0.2, -0.15) is 0 Å². The van der Waals surface area contributed by atoms with Crippen LogP contribution in [-0.4, -0.2) is 39.5 Å². The molecular weight excluding hydrogens is 490 g/mol. The first-order valence-corrected chi connectivity index (χ1v) is 18.9. The number of benzene rings is 1. The molecule has 1 rings (SSSR count). The predicted octanol–water partition coefficient (Wildman–Crippen LogP) is 7.39. The summed E-state index contributed by atoms with van der Waals surface area (Å²) in [5.74, 6) is 0. The molecule has 2 nitrogen and oxygen atoms in total. The topological polar surface area (TPSA) is 9.23 Å². The van der Waals surface area contributed by atoms with E-state index >= 15 is 0 Å². The van der Waals surface area contributed by atoms with Crippen LogP contribution in [0.2, 0.25) is 19.6 Å². The predicted molar refractivity (Wildman–Crippen MR) is 165 cm³/mol. The van der Waals surface area contributed by atoms with Gasteiger partial charge in [-0.05, 0) is 38.0 Å². The van der Waals surface area contributed by atoms with Crippen molar-refractivity contribution in [3.8, 4) is 0 Å². The summed E-state index contributed by atoms with van der Waals surface area (Å²) in [7, 11) is 1.04. The lowest BCUT2D eigenvalue weighted by molar-refractivity contribution is -0.923. The third-order valence-electron chi connectivity index (χ3n) is 7.46. The van der Waals surface area contributed by atoms with Crippen LogP contribution in [0.15, 0.2) is 30.8 Å². The minimum absolute atomic E-state index is 0. The Morgan fingerprint density at radius 3 is 1.57 bits per heavy atom. The molecule has 1 atom stereocenters. The largest absolute Gasteiger partial charge is 1.00 e. The molecule has 4 heteroatoms. The molecule has 0 bridgehead atoms. The number of unbranched alkanes of at least 4 members (excludes halogenated alkanes) is 14. The van der Waals surface area contributed by atoms with Crippen molar-refractivity contribution in [1.82, 2.24) is 0 Å². The molecule has 1 unspecified atom stereocenters. The van der Waals surface area contributed by atoms with E-state index < -0.39 is 8.32 Å². The van der Waals surface area contributed by atoms with Crippen LogP contribution < -0.4 is 12.4 Å². The Bertz CT molecular complexity index is 657. The van der Waals surface area contributed by atoms with Gasteiger partial charge in [-0.15, -0.1) is 0 Å². The molecule has 0 aliphatic heterocycles. The van der Waals surface area contributed by atoms with E-state index in [1.165, 1.54) is 121 Å². The van der Waals surface area contributed by atoms with Crippen molar-refractivity contribution in [2.24, 2.45) is 0 Å². The summed E-state index contributed by atoms with van der Waals surface area (Å²) in [5, 5.41) is 0. The highest BCUT2D eigenvalue weighted by Crippen LogP contribution is 2.18. The van der Waals surface area contributed by atoms with Gasteiger partial charge in [0.2, 0.25) is 0 Å². The van der Waals surface area contributed by atoms with Gasteiger partial charge in [-0.25, -0.2) is 0 Å². The molecule has 0 aliphatic rings. The van der Waals surface area contributed by atoms with E-state index in [9.17, 15) is 0 Å². The van der Waals surface area contributed by atoms with Gasteiger partial charge in [-0.3, -0.25) is 0 Å². The summed E-state index contributed by atoms with van der Waals surface area (Å²) < 4.78 is 7.28. The maximum absolute atomic E-state index is 6.15. The summed E-state index contributed by atoms with van der Waals surface area (Å²) in [6, 6.07) is 8.99. The van der Waals surface area contributed by atoms with Crippen LogP contribution in [0.25, 0.3) is 6.08 Å². The minimum Gasteiger partial charge on any atom is -1.00 e. The monoisotopic (exact) mass is 551 g/mol. The summed E-state index contributed by atoms with van der Waals surface area (Å²) in [6.07, 6.45) is 24.5. The molecule has 0 N–H and O–H groups in total. The maximum atomic E-state index is 6.15. The molecule has 1 aromatic carbocycles. The fraction of sp³-hybridized carbons (Fsp3) is 0.758. The van der Waals surface area contributed by atoms with Crippen LogP contribution in [0.3, 0.4) is 0 Å². The Kier molecular flexibility index (Phi) is 21.9. The van der Waals surface area contributed by atoms with Gasteiger partial charge < -0.3 is 21.3 Å². The Morgan fingerprint density at radius 1 is 0.703 bits per heavy atom. The molecule has 0 aromatic heterocycles. The van der Waals surface area contributed by atoms with Crippen LogP contribution in [0.1, 0.15) is 121 Å². The zero-order valence-electron chi connectivity index (χ0n) is 25.5. The number of halogens is 1. The van der Waals surface area contributed by atoms with E-state index in [0.29, 0.717) is 0 Å². The lowest BCUT2D eigenvalue weighted by Crippen LogP contribution is -3.00. The van der Waals surface area contributed by atoms with Crippen LogP contribution in [0.5, 0.6) is 0 Å². The van der Waals surface area contributed by atoms with E-state index in [1.807, 2.05) is 6.08 Å². The average Bonchev–Trinajstić information content (AvgIpc) is 2.84. The lowest BCUT2D eigenvalue weighted by atomic mass is 10.0. The van der Waals surface area contributed by atoms with Crippen molar-refractivity contribution in [2.45, 2.75) is 136 Å². The molecule has 0 fully saturated rings. The van der Waals surface area contributed by atoms with Gasteiger partial charge in [0, 0.05) is 18.6 Å². The van der Waals surface area contributed by atoms with E-state index in [-0.39, 0.29) is 12.4 Å². The normalized spacial score (nSPS) is 13.2. The van der Waals surface area contributed by atoms with E-state index in [2.05, 4.69) is 64.5 Å². The van der Waals surface area contributed by atoms with Crippen molar-refractivity contribution in [3.05, 3.63) is 42.0 Å². The third-order valence-corrected chi connectivity index (χ3v) is 8.53. The van der Waals surface area contributed by atoms with Crippen LogP contribution in [-0.2, 0) is 11.0 Å². The van der Waals surface area contributed by atoms with Crippen molar-refractivity contribution in [2.75, 3.05) is 26.7 Å². The quantitative estimate of drug-likeness (QED) is 0.0739. The molecule has 0 amide bonds. The highest BCUT2D eigenvalue weighted by Gasteiger charge is 2.22. The first-order valence-electron chi connectivity index (χ1n) is 15.5. The number of rotatable bonds is 24. The number of quaternary nitrogens is 1. The molecule has 0 saturated heterocycles. The van der Waals surface area contributed by atoms with Gasteiger partial charge >= 0.3 is 0 Å². The van der Waals surface area contributed by atoms with Crippen molar-refractivity contribution < 1.29 is 21.3 Å². The minimum atomic E-state index is -1.42. The second-order valence-electron chi connectivity index (χ2n) is 12.4. The molecule has 216 valence electrons. The molecule has 37 heavy (non-hydrogen) atoms. The summed E-state index contributed by atoms with van der Waals surface area (Å²) in [4.78, 5) is 0. The Labute approximate surface area is 239 Å². The SMILES string of the molecule is C=Cc1ccc(C[N+](C)(CCCCCCCCCCCCCCCCC)CCCO[Si](C)(C)C)cc1.[Cl-]. The van der Waals surface area contributed by atoms with Crippen molar-refractivity contribution >= 4 is 14.4 Å². The van der Waals surface area contributed by atoms with Gasteiger partial charge in [0.15, 0.2) is 8.32 Å². The van der Waals surface area contributed by atoms with Crippen LogP contribution in [0, 0.1) is 0 Å². The van der Waals surface area contributed by atoms with Gasteiger partial charge in [0.1, 0.15) is 6.54 Å². The highest BCUT2D eigenvalue weighted by molar-refractivity contribution is 6.69. The van der Waals surface area contributed by atoms with Crippen molar-refractivity contribution in [3.63, 3.8) is 0 Å². The van der Waals surface area contributed by atoms with E-state index in [4.69, 9.17) is 4.43 Å². The smallest absolute Gasteiger partial charge is 0.183 e. The first-order chi connectivity index (χ1) is 17.3. The van der Waals surface area contributed by atoms with Crippen LogP contribution >= 0.6 is 0 Å². The molecule has 0 saturated carbocycles. The Balaban J connectivity index is 0.0000130. The molecule has 0 radical (unpaired) electrons. The second kappa shape index (κ2) is 22.2. The lowest BCUT2D eigenvalue weighted by Gasteiger charge is -2.35. The van der Waals surface area contributed by atoms with Crippen LogP contribution in [0.4, 0.5) is 0 Å². The van der Waals surface area contributed by atoms with Crippen molar-refractivity contribution in [1.29, 1.82) is 0 Å². The second-order valence-corrected chi connectivity index (χ2v) is 16.9. The summed E-state index contributed by atoms with van der Waals surface area (Å²) in [5.41, 5.74) is 2.65. The fourth-order valence-corrected chi connectivity index (χ4v) is 5.92. The highest BCUT2D eigenvalue weighted by atomic mass is 35.5. The maximum Gasteiger partial charge on any atom is 0.183 e. The Morgan fingerprint density at radius 2 is 1.14 bits per heavy atom. The molecule has 0 heterocycles. The molecule has 0 aliphatic carbocycles. The molecule has 0 spiro atoms. The standard InChI is InChI=1S/C33H62NOSi.ClH/c1-7-9-10-11-12-13-14-15-16-17-18-19-20-21-22-28-34(3,29-23-30-35-36(4,5)6)31-33-26-24-32(8-2)25-27-33;/h8,24-27H,2,7,9-23,28-31H2,1,3-6H3;1H/q+1;/p-1. The summed E-state index contributed by atoms with van der Waals surface area (Å²) >= 11 is 0. The van der Waals surface area contributed by atoms with E-state index in [1.54, 1.807) is 0 Å².